The third kappa shape index (κ3) is 4.32. The maximum Gasteiger partial charge on any atom is 0.251 e. The average Bonchev–Trinajstić information content (AvgIpc) is 3.12. The summed E-state index contributed by atoms with van der Waals surface area (Å²) in [6, 6.07) is 9.94. The van der Waals surface area contributed by atoms with Crippen molar-refractivity contribution in [1.82, 2.24) is 9.62 Å². The van der Waals surface area contributed by atoms with Gasteiger partial charge in [-0.2, -0.15) is 4.31 Å². The van der Waals surface area contributed by atoms with E-state index in [1.807, 2.05) is 31.4 Å². The van der Waals surface area contributed by atoms with Gasteiger partial charge in [0.1, 0.15) is 0 Å². The first-order valence-corrected chi connectivity index (χ1v) is 10.7. The number of ether oxygens (including phenoxy) is 1. The second kappa shape index (κ2) is 7.87. The number of carbonyl (C=O) groups excluding carboxylic acids is 1. The molecule has 8 heteroatoms. The highest BCUT2D eigenvalue weighted by Crippen LogP contribution is 2.21. The van der Waals surface area contributed by atoms with Crippen LogP contribution in [0.2, 0.25) is 0 Å². The molecule has 1 amide bonds. The van der Waals surface area contributed by atoms with Crippen molar-refractivity contribution in [2.75, 3.05) is 13.1 Å². The normalized spacial score (nSPS) is 21.5. The van der Waals surface area contributed by atoms with Gasteiger partial charge in [0.05, 0.1) is 23.6 Å². The first-order chi connectivity index (χ1) is 12.4. The smallest absolute Gasteiger partial charge is 0.251 e. The SMILES string of the molecule is C[C@@H]1CN(S(=O)(=O)c2ccc(C(=O)NCc3cccs3)cc2)C[C@@H](C)O1. The summed E-state index contributed by atoms with van der Waals surface area (Å²) in [7, 11) is -3.59. The van der Waals surface area contributed by atoms with Crippen LogP contribution in [-0.2, 0) is 21.3 Å². The lowest BCUT2D eigenvalue weighted by Gasteiger charge is -2.34. The number of morpholine rings is 1. The van der Waals surface area contributed by atoms with Gasteiger partial charge in [-0.25, -0.2) is 8.42 Å². The van der Waals surface area contributed by atoms with Gasteiger partial charge in [-0.1, -0.05) is 6.07 Å². The quantitative estimate of drug-likeness (QED) is 0.845. The van der Waals surface area contributed by atoms with E-state index in [1.165, 1.54) is 16.4 Å². The topological polar surface area (TPSA) is 75.7 Å². The molecule has 140 valence electrons. The van der Waals surface area contributed by atoms with Crippen LogP contribution in [0.15, 0.2) is 46.7 Å². The Labute approximate surface area is 157 Å². The lowest BCUT2D eigenvalue weighted by Crippen LogP contribution is -2.48. The predicted octanol–water partition coefficient (Wildman–Crippen LogP) is 2.48. The highest BCUT2D eigenvalue weighted by atomic mass is 32.2. The van der Waals surface area contributed by atoms with Gasteiger partial charge in [0.25, 0.3) is 5.91 Å². The summed E-state index contributed by atoms with van der Waals surface area (Å²) in [5, 5.41) is 4.78. The zero-order chi connectivity index (χ0) is 18.7. The van der Waals surface area contributed by atoms with E-state index in [0.29, 0.717) is 25.2 Å². The van der Waals surface area contributed by atoms with Crippen molar-refractivity contribution < 1.29 is 17.9 Å². The van der Waals surface area contributed by atoms with Gasteiger partial charge in [-0.05, 0) is 49.6 Å². The number of hydrogen-bond acceptors (Lipinski definition) is 5. The second-order valence-electron chi connectivity index (χ2n) is 6.37. The molecule has 2 atom stereocenters. The Morgan fingerprint density at radius 1 is 1.19 bits per heavy atom. The molecule has 1 N–H and O–H groups in total. The van der Waals surface area contributed by atoms with E-state index in [1.54, 1.807) is 23.5 Å². The fourth-order valence-electron chi connectivity index (χ4n) is 2.94. The number of nitrogens with one attached hydrogen (secondary N) is 1. The summed E-state index contributed by atoms with van der Waals surface area (Å²) in [5.41, 5.74) is 0.434. The Morgan fingerprint density at radius 2 is 1.85 bits per heavy atom. The van der Waals surface area contributed by atoms with Gasteiger partial charge < -0.3 is 10.1 Å². The molecular formula is C18H22N2O4S2. The van der Waals surface area contributed by atoms with Gasteiger partial charge >= 0.3 is 0 Å². The average molecular weight is 395 g/mol. The van der Waals surface area contributed by atoms with Gasteiger partial charge in [0.2, 0.25) is 10.0 Å². The molecule has 3 rings (SSSR count). The summed E-state index contributed by atoms with van der Waals surface area (Å²) in [6.07, 6.45) is -0.286. The number of benzene rings is 1. The minimum absolute atomic E-state index is 0.143. The van der Waals surface area contributed by atoms with Crippen molar-refractivity contribution in [3.05, 3.63) is 52.2 Å². The van der Waals surface area contributed by atoms with E-state index in [0.717, 1.165) is 4.88 Å². The fraction of sp³-hybridized carbons (Fsp3) is 0.389. The van der Waals surface area contributed by atoms with E-state index < -0.39 is 10.0 Å². The molecule has 1 aliphatic heterocycles. The first-order valence-electron chi connectivity index (χ1n) is 8.42. The zero-order valence-electron chi connectivity index (χ0n) is 14.7. The number of thiophene rings is 1. The van der Waals surface area contributed by atoms with Crippen LogP contribution in [0, 0.1) is 0 Å². The third-order valence-corrected chi connectivity index (χ3v) is 6.87. The van der Waals surface area contributed by atoms with Crippen molar-refractivity contribution in [2.24, 2.45) is 0 Å². The molecule has 1 aromatic carbocycles. The van der Waals surface area contributed by atoms with Crippen LogP contribution in [-0.4, -0.2) is 43.9 Å². The Morgan fingerprint density at radius 3 is 2.42 bits per heavy atom. The van der Waals surface area contributed by atoms with E-state index in [-0.39, 0.29) is 23.0 Å². The fourth-order valence-corrected chi connectivity index (χ4v) is 5.17. The van der Waals surface area contributed by atoms with Crippen molar-refractivity contribution in [3.63, 3.8) is 0 Å². The number of rotatable bonds is 5. The Hall–Kier alpha value is -1.74. The van der Waals surface area contributed by atoms with Crippen LogP contribution >= 0.6 is 11.3 Å². The van der Waals surface area contributed by atoms with E-state index in [2.05, 4.69) is 5.32 Å². The molecule has 0 unspecified atom stereocenters. The highest BCUT2D eigenvalue weighted by molar-refractivity contribution is 7.89. The zero-order valence-corrected chi connectivity index (χ0v) is 16.3. The molecule has 6 nitrogen and oxygen atoms in total. The van der Waals surface area contributed by atoms with E-state index in [4.69, 9.17) is 4.74 Å². The molecule has 2 aromatic rings. The van der Waals surface area contributed by atoms with E-state index in [9.17, 15) is 13.2 Å². The number of nitrogens with zero attached hydrogens (tertiary/aromatic N) is 1. The lowest BCUT2D eigenvalue weighted by molar-refractivity contribution is -0.0440. The molecule has 1 aliphatic rings. The predicted molar refractivity (Wildman–Crippen MR) is 101 cm³/mol. The summed E-state index contributed by atoms with van der Waals surface area (Å²) in [4.78, 5) is 13.5. The standard InChI is InChI=1S/C18H22N2O4S2/c1-13-11-20(12-14(2)24-13)26(22,23)17-7-5-15(6-8-17)18(21)19-10-16-4-3-9-25-16/h3-9,13-14H,10-12H2,1-2H3,(H,19,21)/t13-,14-/m1/s1. The summed E-state index contributed by atoms with van der Waals surface area (Å²) >= 11 is 1.57. The summed E-state index contributed by atoms with van der Waals surface area (Å²) < 4.78 is 32.7. The first kappa shape index (κ1) is 19.0. The van der Waals surface area contributed by atoms with Gasteiger partial charge in [-0.3, -0.25) is 4.79 Å². The van der Waals surface area contributed by atoms with Crippen molar-refractivity contribution in [2.45, 2.75) is 37.5 Å². The van der Waals surface area contributed by atoms with Crippen LogP contribution in [0.1, 0.15) is 29.1 Å². The molecular weight excluding hydrogens is 372 g/mol. The van der Waals surface area contributed by atoms with Gasteiger partial charge in [-0.15, -0.1) is 11.3 Å². The lowest BCUT2D eigenvalue weighted by atomic mass is 10.2. The van der Waals surface area contributed by atoms with Crippen LogP contribution in [0.25, 0.3) is 0 Å². The summed E-state index contributed by atoms with van der Waals surface area (Å²) in [6.45, 7) is 4.84. The van der Waals surface area contributed by atoms with Gasteiger partial charge in [0, 0.05) is 23.5 Å². The summed E-state index contributed by atoms with van der Waals surface area (Å²) in [5.74, 6) is -0.226. The Bertz CT molecular complexity index is 838. The largest absolute Gasteiger partial charge is 0.373 e. The number of amides is 1. The van der Waals surface area contributed by atoms with Gasteiger partial charge in [0.15, 0.2) is 0 Å². The molecule has 1 saturated heterocycles. The molecule has 0 saturated carbocycles. The van der Waals surface area contributed by atoms with Crippen LogP contribution in [0.3, 0.4) is 0 Å². The molecule has 26 heavy (non-hydrogen) atoms. The van der Waals surface area contributed by atoms with E-state index >= 15 is 0 Å². The second-order valence-corrected chi connectivity index (χ2v) is 9.34. The number of carbonyl (C=O) groups is 1. The minimum atomic E-state index is -3.59. The molecule has 0 aliphatic carbocycles. The molecule has 0 bridgehead atoms. The number of hydrogen-bond donors (Lipinski definition) is 1. The van der Waals surface area contributed by atoms with Crippen LogP contribution < -0.4 is 5.32 Å². The monoisotopic (exact) mass is 394 g/mol. The van der Waals surface area contributed by atoms with Crippen LogP contribution in [0.5, 0.6) is 0 Å². The maximum absolute atomic E-state index is 12.8. The minimum Gasteiger partial charge on any atom is -0.373 e. The molecule has 1 aromatic heterocycles. The Kier molecular flexibility index (Phi) is 5.76. The molecule has 2 heterocycles. The molecule has 0 radical (unpaired) electrons. The maximum atomic E-state index is 12.8. The molecule has 0 spiro atoms. The highest BCUT2D eigenvalue weighted by Gasteiger charge is 2.32. The van der Waals surface area contributed by atoms with Crippen molar-refractivity contribution >= 4 is 27.3 Å². The van der Waals surface area contributed by atoms with Crippen molar-refractivity contribution in [1.29, 1.82) is 0 Å². The number of sulfonamides is 1. The van der Waals surface area contributed by atoms with Crippen molar-refractivity contribution in [3.8, 4) is 0 Å². The third-order valence-electron chi connectivity index (χ3n) is 4.14. The molecule has 1 fully saturated rings. The Balaban J connectivity index is 1.69. The van der Waals surface area contributed by atoms with Crippen LogP contribution in [0.4, 0.5) is 0 Å².